The number of hydrogen-bond donors (Lipinski definition) is 0. The van der Waals surface area contributed by atoms with E-state index in [9.17, 15) is 0 Å². The van der Waals surface area contributed by atoms with Gasteiger partial charge in [-0.15, -0.1) is 0 Å². The number of hydrogen-bond acceptors (Lipinski definition) is 0. The molecule has 0 aliphatic carbocycles. The van der Waals surface area contributed by atoms with Crippen molar-refractivity contribution in [3.8, 4) is 0 Å². The van der Waals surface area contributed by atoms with Crippen molar-refractivity contribution in [2.75, 3.05) is 0 Å². The third-order valence-electron chi connectivity index (χ3n) is 1.12. The molecule has 0 bridgehead atoms. The van der Waals surface area contributed by atoms with Gasteiger partial charge in [-0.2, -0.15) is 0 Å². The molecule has 0 unspecified atom stereocenters. The van der Waals surface area contributed by atoms with Gasteiger partial charge in [-0.1, -0.05) is 0 Å². The first kappa shape index (κ1) is 9.64. The van der Waals surface area contributed by atoms with Gasteiger partial charge in [-0.3, -0.25) is 0 Å². The fraction of sp³-hybridized carbons (Fsp3) is 0.143. The van der Waals surface area contributed by atoms with Crippen molar-refractivity contribution in [3.63, 3.8) is 0 Å². The van der Waals surface area contributed by atoms with Gasteiger partial charge >= 0.3 is 65.9 Å². The smallest absolute Gasteiger partial charge is 1.00 e. The van der Waals surface area contributed by atoms with E-state index in [-0.39, 0.29) is 17.0 Å². The van der Waals surface area contributed by atoms with E-state index in [2.05, 4.69) is 31.2 Å². The number of halogens is 1. The Balaban J connectivity index is 0.000000640. The van der Waals surface area contributed by atoms with E-state index in [0.29, 0.717) is 0 Å². The van der Waals surface area contributed by atoms with Crippen molar-refractivity contribution in [1.82, 2.24) is 0 Å². The van der Waals surface area contributed by atoms with Gasteiger partial charge in [0.05, 0.1) is 0 Å². The molecular weight excluding hydrogens is 365 g/mol. The van der Waals surface area contributed by atoms with Gasteiger partial charge in [0.15, 0.2) is 0 Å². The van der Waals surface area contributed by atoms with Gasteiger partial charge in [0.25, 0.3) is 0 Å². The summed E-state index contributed by atoms with van der Waals surface area (Å²) in [5.74, 6) is 0. The second-order valence-electron chi connectivity index (χ2n) is 1.99. The Bertz CT molecular complexity index is 148. The molecule has 2 heteroatoms. The van der Waals surface area contributed by atoms with Crippen LogP contribution in [0.5, 0.6) is 0 Å². The third-order valence-corrected chi connectivity index (χ3v) is 2.95. The van der Waals surface area contributed by atoms with Crippen LogP contribution in [0.3, 0.4) is 0 Å². The maximum absolute atomic E-state index is 2.21. The fourth-order valence-electron chi connectivity index (χ4n) is 0.588. The van der Waals surface area contributed by atoms with Crippen LogP contribution in [0, 0.1) is 6.92 Å². The molecule has 44 valence electrons. The van der Waals surface area contributed by atoms with E-state index in [0.717, 1.165) is 26.1 Å². The molecule has 0 N–H and O–H groups in total. The molecule has 0 aliphatic heterocycles. The van der Waals surface area contributed by atoms with E-state index < -0.39 is 0 Å². The summed E-state index contributed by atoms with van der Waals surface area (Å²) in [6, 6.07) is 8.75. The zero-order valence-electron chi connectivity index (χ0n) is 5.39. The van der Waals surface area contributed by atoms with E-state index in [1.807, 2.05) is 0 Å². The summed E-state index contributed by atoms with van der Waals surface area (Å²) in [6.45, 7) is 2.12. The van der Waals surface area contributed by atoms with Crippen molar-refractivity contribution >= 4 is 3.07 Å². The minimum Gasteiger partial charge on any atom is -1.00 e. The predicted octanol–water partition coefficient (Wildman–Crippen LogP) is -1.83. The van der Waals surface area contributed by atoms with Crippen LogP contribution < -0.4 is 20.1 Å². The van der Waals surface area contributed by atoms with Crippen LogP contribution in [0.1, 0.15) is 5.56 Å². The van der Waals surface area contributed by atoms with Gasteiger partial charge in [-0.05, 0) is 0 Å². The largest absolute Gasteiger partial charge is 1.00 e. The summed E-state index contributed by atoms with van der Waals surface area (Å²) in [5, 5.41) is 0. The van der Waals surface area contributed by atoms with Crippen LogP contribution in [0.25, 0.3) is 0 Å². The molecule has 0 atom stereocenters. The topological polar surface area (TPSA) is 0 Å². The molecule has 0 aromatic heterocycles. The van der Waals surface area contributed by atoms with Crippen LogP contribution in [0.4, 0.5) is 0 Å². The normalized spacial score (nSPS) is 8.33. The quantitative estimate of drug-likeness (QED) is 0.471. The first-order valence-corrected chi connectivity index (χ1v) is 5.42. The van der Waals surface area contributed by atoms with Crippen molar-refractivity contribution in [3.05, 3.63) is 29.8 Å². The standard InChI is InChI=1S/C7H7.BrH.Hg/c1-7-5-3-2-4-6-7;;/h3-6H,1H3;1H;/q;;+1/p-1. The molecule has 9 heavy (non-hydrogen) atoms. The third kappa shape index (κ3) is 3.36. The van der Waals surface area contributed by atoms with Crippen LogP contribution >= 0.6 is 0 Å². The van der Waals surface area contributed by atoms with Crippen molar-refractivity contribution in [1.29, 1.82) is 0 Å². The molecule has 0 fully saturated rings. The number of aryl methyl sites for hydroxylation is 1. The summed E-state index contributed by atoms with van der Waals surface area (Å²) < 4.78 is 1.52. The monoisotopic (exact) mass is 372 g/mol. The van der Waals surface area contributed by atoms with Crippen LogP contribution in [-0.2, 0) is 26.1 Å². The molecule has 1 aromatic rings. The first-order chi connectivity index (χ1) is 3.79. The zero-order valence-corrected chi connectivity index (χ0v) is 12.5. The summed E-state index contributed by atoms with van der Waals surface area (Å²) in [7, 11) is 0. The van der Waals surface area contributed by atoms with Gasteiger partial charge in [0.1, 0.15) is 0 Å². The fourth-order valence-corrected chi connectivity index (χ4v) is 1.50. The molecule has 0 radical (unpaired) electrons. The molecule has 0 spiro atoms. The average molecular weight is 372 g/mol. The minimum atomic E-state index is 0. The summed E-state index contributed by atoms with van der Waals surface area (Å²) in [6.07, 6.45) is 0. The van der Waals surface area contributed by atoms with E-state index in [1.54, 1.807) is 0 Å². The molecule has 0 amide bonds. The average Bonchev–Trinajstić information content (AvgIpc) is 1.77. The molecular formula is C7H7BrHg. The van der Waals surface area contributed by atoms with Gasteiger partial charge in [0, 0.05) is 0 Å². The Labute approximate surface area is 82.4 Å². The Kier molecular flexibility index (Phi) is 4.76. The van der Waals surface area contributed by atoms with E-state index in [1.165, 1.54) is 8.64 Å². The first-order valence-electron chi connectivity index (χ1n) is 2.67. The Hall–Kier alpha value is 0.635. The Morgan fingerprint density at radius 1 is 1.11 bits per heavy atom. The Morgan fingerprint density at radius 3 is 1.89 bits per heavy atom. The van der Waals surface area contributed by atoms with E-state index in [4.69, 9.17) is 0 Å². The summed E-state index contributed by atoms with van der Waals surface area (Å²) in [4.78, 5) is 0. The van der Waals surface area contributed by atoms with Crippen molar-refractivity contribution in [2.45, 2.75) is 6.92 Å². The summed E-state index contributed by atoms with van der Waals surface area (Å²) in [5.41, 5.74) is 1.36. The minimum absolute atomic E-state index is 0. The molecule has 0 aliphatic rings. The maximum atomic E-state index is 2.21. The van der Waals surface area contributed by atoms with Crippen LogP contribution in [-0.4, -0.2) is 0 Å². The molecule has 1 rings (SSSR count). The van der Waals surface area contributed by atoms with Gasteiger partial charge in [-0.25, -0.2) is 0 Å². The number of benzene rings is 1. The van der Waals surface area contributed by atoms with Crippen molar-refractivity contribution < 1.29 is 43.1 Å². The maximum Gasteiger partial charge on any atom is -1.00 e. The van der Waals surface area contributed by atoms with Gasteiger partial charge in [0.2, 0.25) is 0 Å². The molecule has 1 aromatic carbocycles. The van der Waals surface area contributed by atoms with Crippen LogP contribution in [0.15, 0.2) is 24.3 Å². The zero-order chi connectivity index (χ0) is 5.98. The SMILES string of the molecule is Cc1cc[c]([Hg+])cc1.[Br-]. The predicted molar refractivity (Wildman–Crippen MR) is 30.8 cm³/mol. The molecule has 0 saturated carbocycles. The molecule has 0 saturated heterocycles. The van der Waals surface area contributed by atoms with Crippen LogP contribution in [0.2, 0.25) is 0 Å². The second kappa shape index (κ2) is 4.45. The Morgan fingerprint density at radius 2 is 1.56 bits per heavy atom. The molecule has 0 heterocycles. The molecule has 0 nitrogen and oxygen atoms in total. The van der Waals surface area contributed by atoms with Crippen molar-refractivity contribution in [2.24, 2.45) is 0 Å². The van der Waals surface area contributed by atoms with E-state index >= 15 is 0 Å². The number of rotatable bonds is 0. The van der Waals surface area contributed by atoms with Gasteiger partial charge < -0.3 is 17.0 Å². The summed E-state index contributed by atoms with van der Waals surface area (Å²) >= 11 is 0.802. The second-order valence-corrected chi connectivity index (χ2v) is 5.16.